The lowest BCUT2D eigenvalue weighted by atomic mass is 10.1. The molecule has 4 rings (SSSR count). The van der Waals surface area contributed by atoms with Gasteiger partial charge in [-0.1, -0.05) is 36.4 Å². The minimum atomic E-state index is -3.82. The number of sulfonamides is 1. The molecular formula is C24H23N5O3S. The van der Waals surface area contributed by atoms with Crippen molar-refractivity contribution >= 4 is 21.6 Å². The molecule has 0 aliphatic rings. The highest BCUT2D eigenvalue weighted by Gasteiger charge is 2.22. The number of nitrogens with one attached hydrogen (secondary N) is 1. The van der Waals surface area contributed by atoms with Crippen molar-refractivity contribution in [3.8, 4) is 5.69 Å². The van der Waals surface area contributed by atoms with E-state index in [-0.39, 0.29) is 22.4 Å². The summed E-state index contributed by atoms with van der Waals surface area (Å²) in [4.78, 5) is 16.8. The molecule has 1 N–H and O–H groups in total. The number of carbonyl (C=O) groups excluding carboxylic acids is 1. The first-order valence-electron chi connectivity index (χ1n) is 10.3. The van der Waals surface area contributed by atoms with Crippen LogP contribution in [0.2, 0.25) is 0 Å². The zero-order chi connectivity index (χ0) is 23.4. The second kappa shape index (κ2) is 9.25. The predicted octanol–water partition coefficient (Wildman–Crippen LogP) is 3.58. The number of amides is 1. The Hall–Kier alpha value is -3.98. The molecule has 33 heavy (non-hydrogen) atoms. The third-order valence-electron chi connectivity index (χ3n) is 5.30. The number of para-hydroxylation sites is 1. The molecule has 9 heteroatoms. The third kappa shape index (κ3) is 4.78. The minimum Gasteiger partial charge on any atom is -0.346 e. The summed E-state index contributed by atoms with van der Waals surface area (Å²) in [6.45, 7) is 1.87. The number of benzene rings is 3. The lowest BCUT2D eigenvalue weighted by molar-refractivity contribution is 0.0939. The fourth-order valence-corrected chi connectivity index (χ4v) is 4.60. The van der Waals surface area contributed by atoms with E-state index in [1.807, 2.05) is 37.3 Å². The number of rotatable bonds is 7. The normalized spacial score (nSPS) is 12.2. The Balaban J connectivity index is 1.49. The Labute approximate surface area is 192 Å². The fraction of sp³-hybridized carbons (Fsp3) is 0.125. The van der Waals surface area contributed by atoms with Gasteiger partial charge in [-0.25, -0.2) is 18.1 Å². The van der Waals surface area contributed by atoms with Gasteiger partial charge in [0.1, 0.15) is 12.7 Å². The Morgan fingerprint density at radius 1 is 1.00 bits per heavy atom. The second-order valence-corrected chi connectivity index (χ2v) is 9.43. The van der Waals surface area contributed by atoms with Crippen molar-refractivity contribution in [1.29, 1.82) is 0 Å². The first-order valence-corrected chi connectivity index (χ1v) is 11.7. The van der Waals surface area contributed by atoms with Crippen molar-refractivity contribution in [2.75, 3.05) is 11.4 Å². The summed E-state index contributed by atoms with van der Waals surface area (Å²) in [5, 5.41) is 7.02. The largest absolute Gasteiger partial charge is 0.346 e. The topological polar surface area (TPSA) is 97.2 Å². The number of carbonyl (C=O) groups is 1. The molecule has 1 atom stereocenters. The molecule has 0 saturated heterocycles. The van der Waals surface area contributed by atoms with Crippen LogP contribution in [0.1, 0.15) is 28.9 Å². The van der Waals surface area contributed by atoms with Gasteiger partial charge in [-0.2, -0.15) is 5.10 Å². The van der Waals surface area contributed by atoms with Crippen molar-refractivity contribution in [3.63, 3.8) is 0 Å². The minimum absolute atomic E-state index is 0.0475. The van der Waals surface area contributed by atoms with Gasteiger partial charge in [-0.05, 0) is 55.0 Å². The number of anilines is 1. The molecule has 0 fully saturated rings. The van der Waals surface area contributed by atoms with E-state index in [9.17, 15) is 13.2 Å². The maximum Gasteiger partial charge on any atom is 0.264 e. The lowest BCUT2D eigenvalue weighted by Gasteiger charge is -2.20. The van der Waals surface area contributed by atoms with E-state index >= 15 is 0 Å². The molecule has 0 aliphatic heterocycles. The van der Waals surface area contributed by atoms with Crippen LogP contribution in [0.15, 0.2) is 96.4 Å². The fourth-order valence-electron chi connectivity index (χ4n) is 3.35. The maximum absolute atomic E-state index is 13.1. The van der Waals surface area contributed by atoms with E-state index in [0.717, 1.165) is 11.3 Å². The SMILES string of the molecule is CC(NC(=O)c1cccc(S(=O)(=O)N(C)c2ccccc2)c1)c1ccc(-n2cncn2)cc1. The summed E-state index contributed by atoms with van der Waals surface area (Å²) in [6, 6.07) is 22.1. The van der Waals surface area contributed by atoms with Crippen LogP contribution >= 0.6 is 0 Å². The van der Waals surface area contributed by atoms with Crippen LogP contribution in [0.4, 0.5) is 5.69 Å². The van der Waals surface area contributed by atoms with Gasteiger partial charge < -0.3 is 5.32 Å². The first-order chi connectivity index (χ1) is 15.9. The summed E-state index contributed by atoms with van der Waals surface area (Å²) < 4.78 is 29.0. The van der Waals surface area contributed by atoms with Crippen molar-refractivity contribution in [2.24, 2.45) is 0 Å². The van der Waals surface area contributed by atoms with Gasteiger partial charge in [0.05, 0.1) is 22.3 Å². The molecule has 168 valence electrons. The van der Waals surface area contributed by atoms with Crippen LogP contribution in [0, 0.1) is 0 Å². The molecule has 0 saturated carbocycles. The molecule has 3 aromatic carbocycles. The van der Waals surface area contributed by atoms with Crippen LogP contribution in [-0.2, 0) is 10.0 Å². The quantitative estimate of drug-likeness (QED) is 0.454. The van der Waals surface area contributed by atoms with E-state index in [1.54, 1.807) is 47.4 Å². The van der Waals surface area contributed by atoms with Gasteiger partial charge in [0.2, 0.25) is 0 Å². The predicted molar refractivity (Wildman–Crippen MR) is 126 cm³/mol. The highest BCUT2D eigenvalue weighted by atomic mass is 32.2. The number of hydrogen-bond acceptors (Lipinski definition) is 5. The number of nitrogens with zero attached hydrogens (tertiary/aromatic N) is 4. The highest BCUT2D eigenvalue weighted by Crippen LogP contribution is 2.23. The molecule has 1 unspecified atom stereocenters. The Morgan fingerprint density at radius 3 is 2.39 bits per heavy atom. The molecule has 0 spiro atoms. The second-order valence-electron chi connectivity index (χ2n) is 7.46. The molecule has 4 aromatic rings. The van der Waals surface area contributed by atoms with Gasteiger partial charge in [-0.3, -0.25) is 9.10 Å². The molecule has 1 aromatic heterocycles. The van der Waals surface area contributed by atoms with E-state index in [4.69, 9.17) is 0 Å². The van der Waals surface area contributed by atoms with Crippen LogP contribution in [0.3, 0.4) is 0 Å². The van der Waals surface area contributed by atoms with Crippen molar-refractivity contribution in [3.05, 3.63) is 103 Å². The van der Waals surface area contributed by atoms with Crippen molar-refractivity contribution in [2.45, 2.75) is 17.9 Å². The lowest BCUT2D eigenvalue weighted by Crippen LogP contribution is -2.28. The highest BCUT2D eigenvalue weighted by molar-refractivity contribution is 7.92. The summed E-state index contributed by atoms with van der Waals surface area (Å²) in [6.07, 6.45) is 3.07. The monoisotopic (exact) mass is 461 g/mol. The Bertz CT molecular complexity index is 1340. The van der Waals surface area contributed by atoms with Crippen LogP contribution in [-0.4, -0.2) is 36.1 Å². The molecule has 1 amide bonds. The van der Waals surface area contributed by atoms with Gasteiger partial charge in [-0.15, -0.1) is 0 Å². The van der Waals surface area contributed by atoms with Gasteiger partial charge in [0.15, 0.2) is 0 Å². The van der Waals surface area contributed by atoms with Crippen LogP contribution in [0.5, 0.6) is 0 Å². The van der Waals surface area contributed by atoms with Gasteiger partial charge in [0.25, 0.3) is 15.9 Å². The van der Waals surface area contributed by atoms with Gasteiger partial charge in [0, 0.05) is 12.6 Å². The van der Waals surface area contributed by atoms with E-state index in [2.05, 4.69) is 15.4 Å². The summed E-state index contributed by atoms with van der Waals surface area (Å²) >= 11 is 0. The molecule has 0 bridgehead atoms. The standard InChI is InChI=1S/C24H23N5O3S/c1-18(19-11-13-22(14-12-19)29-17-25-16-26-29)27-24(30)20-7-6-10-23(15-20)33(31,32)28(2)21-8-4-3-5-9-21/h3-18H,1-2H3,(H,27,30). The summed E-state index contributed by atoms with van der Waals surface area (Å²) in [5.74, 6) is -0.359. The third-order valence-corrected chi connectivity index (χ3v) is 7.08. The first kappa shape index (κ1) is 22.2. The molecule has 0 radical (unpaired) electrons. The summed E-state index contributed by atoms with van der Waals surface area (Å²) in [5.41, 5.74) is 2.56. The smallest absolute Gasteiger partial charge is 0.264 e. The molecule has 0 aliphatic carbocycles. The molecular weight excluding hydrogens is 438 g/mol. The van der Waals surface area contributed by atoms with E-state index in [0.29, 0.717) is 5.69 Å². The van der Waals surface area contributed by atoms with Crippen molar-refractivity contribution < 1.29 is 13.2 Å². The Kier molecular flexibility index (Phi) is 6.23. The average molecular weight is 462 g/mol. The van der Waals surface area contributed by atoms with Gasteiger partial charge >= 0.3 is 0 Å². The zero-order valence-corrected chi connectivity index (χ0v) is 19.0. The molecule has 1 heterocycles. The summed E-state index contributed by atoms with van der Waals surface area (Å²) in [7, 11) is -2.33. The molecule has 8 nitrogen and oxygen atoms in total. The average Bonchev–Trinajstić information content (AvgIpc) is 3.39. The maximum atomic E-state index is 13.1. The Morgan fingerprint density at radius 2 is 1.73 bits per heavy atom. The van der Waals surface area contributed by atoms with Crippen molar-refractivity contribution in [1.82, 2.24) is 20.1 Å². The van der Waals surface area contributed by atoms with E-state index in [1.165, 1.54) is 29.8 Å². The van der Waals surface area contributed by atoms with E-state index < -0.39 is 10.0 Å². The number of aromatic nitrogens is 3. The van der Waals surface area contributed by atoms with Crippen LogP contribution in [0.25, 0.3) is 5.69 Å². The number of hydrogen-bond donors (Lipinski definition) is 1. The zero-order valence-electron chi connectivity index (χ0n) is 18.2. The van der Waals surface area contributed by atoms with Crippen LogP contribution < -0.4 is 9.62 Å².